The van der Waals surface area contributed by atoms with Crippen molar-refractivity contribution in [3.05, 3.63) is 121 Å². The van der Waals surface area contributed by atoms with Gasteiger partial charge in [0.25, 0.3) is 0 Å². The Kier molecular flexibility index (Phi) is 7.98. The lowest BCUT2D eigenvalue weighted by Crippen LogP contribution is -2.32. The van der Waals surface area contributed by atoms with Gasteiger partial charge >= 0.3 is 0 Å². The van der Waals surface area contributed by atoms with Crippen molar-refractivity contribution in [2.75, 3.05) is 6.16 Å². The smallest absolute Gasteiger partial charge is 0.124 e. The maximum atomic E-state index is 10.4. The number of aryl methyl sites for hydroxylation is 1. The molecule has 4 rings (SSSR count). The summed E-state index contributed by atoms with van der Waals surface area (Å²) >= 11 is 0. The van der Waals surface area contributed by atoms with Crippen LogP contribution in [0, 0.1) is 6.92 Å². The predicted octanol–water partition coefficient (Wildman–Crippen LogP) is 4.90. The Labute approximate surface area is 191 Å². The Hall–Kier alpha value is -2.78. The van der Waals surface area contributed by atoms with Crippen molar-refractivity contribution in [3.63, 3.8) is 0 Å². The van der Waals surface area contributed by atoms with Crippen LogP contribution in [-0.4, -0.2) is 19.1 Å². The summed E-state index contributed by atoms with van der Waals surface area (Å²) < 4.78 is 31.2. The molecule has 0 fully saturated rings. The molecule has 164 valence electrons. The highest BCUT2D eigenvalue weighted by molar-refractivity contribution is 7.95. The van der Waals surface area contributed by atoms with Crippen LogP contribution in [0.1, 0.15) is 12.5 Å². The van der Waals surface area contributed by atoms with E-state index in [-0.39, 0.29) is 4.90 Å². The summed E-state index contributed by atoms with van der Waals surface area (Å²) in [6.45, 7) is 4.14. The predicted molar refractivity (Wildman–Crippen MR) is 135 cm³/mol. The Morgan fingerprint density at radius 1 is 0.625 bits per heavy atom. The maximum absolute atomic E-state index is 10.4. The molecular weight excluding hydrogens is 435 g/mol. The normalized spacial score (nSPS) is 11.3. The van der Waals surface area contributed by atoms with Crippen molar-refractivity contribution in [2.24, 2.45) is 0 Å². The molecule has 0 N–H and O–H groups in total. The zero-order valence-corrected chi connectivity index (χ0v) is 20.0. The summed E-state index contributed by atoms with van der Waals surface area (Å²) in [7, 11) is -5.80. The molecule has 0 aromatic heterocycles. The first-order valence-electron chi connectivity index (χ1n) is 10.5. The monoisotopic (exact) mass is 462 g/mol. The van der Waals surface area contributed by atoms with Gasteiger partial charge in [-0.15, -0.1) is 0 Å². The summed E-state index contributed by atoms with van der Waals surface area (Å²) in [5, 5.41) is 4.39. The lowest BCUT2D eigenvalue weighted by Gasteiger charge is -2.26. The molecule has 0 radical (unpaired) electrons. The Bertz CT molecular complexity index is 1110. The third-order valence-electron chi connectivity index (χ3n) is 5.37. The van der Waals surface area contributed by atoms with Crippen molar-refractivity contribution in [1.29, 1.82) is 0 Å². The van der Waals surface area contributed by atoms with Crippen LogP contribution < -0.4 is 15.9 Å². The molecule has 4 aromatic carbocycles. The van der Waals surface area contributed by atoms with Crippen LogP contribution in [0.5, 0.6) is 0 Å². The quantitative estimate of drug-likeness (QED) is 0.313. The summed E-state index contributed by atoms with van der Waals surface area (Å²) in [4.78, 5) is -0.178. The minimum absolute atomic E-state index is 0.178. The van der Waals surface area contributed by atoms with Gasteiger partial charge in [0.05, 0.1) is 11.1 Å². The van der Waals surface area contributed by atoms with Crippen molar-refractivity contribution in [3.8, 4) is 0 Å². The van der Waals surface area contributed by atoms with Gasteiger partial charge in [-0.2, -0.15) is 0 Å². The molecule has 0 spiro atoms. The summed E-state index contributed by atoms with van der Waals surface area (Å²) in [6.07, 6.45) is 1.14. The highest BCUT2D eigenvalue weighted by Crippen LogP contribution is 2.54. The van der Waals surface area contributed by atoms with Gasteiger partial charge in [0.1, 0.15) is 33.3 Å². The van der Waals surface area contributed by atoms with Gasteiger partial charge in [-0.25, -0.2) is 8.42 Å². The van der Waals surface area contributed by atoms with E-state index in [9.17, 15) is 13.0 Å². The minimum Gasteiger partial charge on any atom is -0.744 e. The highest BCUT2D eigenvalue weighted by Gasteiger charge is 2.43. The van der Waals surface area contributed by atoms with E-state index in [1.165, 1.54) is 28.0 Å². The fourth-order valence-corrected chi connectivity index (χ4v) is 8.25. The minimum atomic E-state index is -4.27. The molecule has 0 unspecified atom stereocenters. The Morgan fingerprint density at radius 3 is 1.25 bits per heavy atom. The summed E-state index contributed by atoms with van der Waals surface area (Å²) in [5.41, 5.74) is 0.928. The second-order valence-corrected chi connectivity index (χ2v) is 12.6. The molecule has 0 aliphatic carbocycles. The van der Waals surface area contributed by atoms with Gasteiger partial charge in [-0.05, 0) is 62.4 Å². The molecular formula is C27H27O3PS. The van der Waals surface area contributed by atoms with E-state index in [0.29, 0.717) is 0 Å². The van der Waals surface area contributed by atoms with Gasteiger partial charge in [-0.3, -0.25) is 0 Å². The van der Waals surface area contributed by atoms with Gasteiger partial charge in [-0.1, -0.05) is 72.3 Å². The molecule has 0 saturated heterocycles. The zero-order chi connectivity index (χ0) is 23.0. The fourth-order valence-electron chi connectivity index (χ4n) is 3.75. The van der Waals surface area contributed by atoms with Crippen LogP contribution in [0.2, 0.25) is 0 Å². The van der Waals surface area contributed by atoms with Gasteiger partial charge < -0.3 is 4.55 Å². The van der Waals surface area contributed by atoms with Crippen molar-refractivity contribution >= 4 is 33.3 Å². The van der Waals surface area contributed by atoms with E-state index in [4.69, 9.17) is 0 Å². The summed E-state index contributed by atoms with van der Waals surface area (Å²) in [6, 6.07) is 38.8. The van der Waals surface area contributed by atoms with E-state index >= 15 is 0 Å². The average molecular weight is 463 g/mol. The van der Waals surface area contributed by atoms with Crippen LogP contribution in [0.15, 0.2) is 120 Å². The molecule has 0 aliphatic heterocycles. The molecule has 0 amide bonds. The Balaban J connectivity index is 0.000000222. The largest absolute Gasteiger partial charge is 0.744 e. The van der Waals surface area contributed by atoms with Crippen LogP contribution in [-0.2, 0) is 10.1 Å². The van der Waals surface area contributed by atoms with Crippen molar-refractivity contribution < 1.29 is 13.0 Å². The number of benzene rings is 4. The van der Waals surface area contributed by atoms with Crippen LogP contribution >= 0.6 is 7.26 Å². The topological polar surface area (TPSA) is 57.2 Å². The van der Waals surface area contributed by atoms with Crippen LogP contribution in [0.3, 0.4) is 0 Å². The molecule has 0 bridgehead atoms. The highest BCUT2D eigenvalue weighted by atomic mass is 32.2. The third-order valence-corrected chi connectivity index (χ3v) is 10.7. The second-order valence-electron chi connectivity index (χ2n) is 7.40. The van der Waals surface area contributed by atoms with Gasteiger partial charge in [0.15, 0.2) is 0 Å². The van der Waals surface area contributed by atoms with E-state index in [1.54, 1.807) is 12.1 Å². The van der Waals surface area contributed by atoms with Crippen molar-refractivity contribution in [1.82, 2.24) is 0 Å². The summed E-state index contributed by atoms with van der Waals surface area (Å²) in [5.74, 6) is 0. The standard InChI is InChI=1S/C20H20P.C7H8O3S/c1-2-21(18-12-6-3-7-13-18,19-14-8-4-9-15-19)20-16-10-5-11-17-20;1-6-2-4-7(5-3-6)11(8,9)10/h3-17H,2H2,1H3;2-5H,1H3,(H,8,9,10)/q+1;/p-1. The van der Waals surface area contributed by atoms with E-state index < -0.39 is 17.4 Å². The number of hydrogen-bond acceptors (Lipinski definition) is 3. The number of hydrogen-bond donors (Lipinski definition) is 0. The van der Waals surface area contributed by atoms with Crippen molar-refractivity contribution in [2.45, 2.75) is 18.7 Å². The zero-order valence-electron chi connectivity index (χ0n) is 18.3. The van der Waals surface area contributed by atoms with Crippen LogP contribution in [0.4, 0.5) is 0 Å². The molecule has 3 nitrogen and oxygen atoms in total. The molecule has 0 saturated carbocycles. The van der Waals surface area contributed by atoms with E-state index in [2.05, 4.69) is 97.9 Å². The van der Waals surface area contributed by atoms with Gasteiger partial charge in [0, 0.05) is 0 Å². The lowest BCUT2D eigenvalue weighted by atomic mass is 10.2. The first kappa shape index (κ1) is 23.9. The molecule has 0 heterocycles. The lowest BCUT2D eigenvalue weighted by molar-refractivity contribution is 0.463. The number of rotatable bonds is 5. The first-order valence-corrected chi connectivity index (χ1v) is 13.8. The SMILES string of the molecule is CC[P+](c1ccccc1)(c1ccccc1)c1ccccc1.Cc1ccc(S(=O)(=O)[O-])cc1. The third kappa shape index (κ3) is 5.52. The average Bonchev–Trinajstić information content (AvgIpc) is 2.82. The molecule has 4 aromatic rings. The molecule has 32 heavy (non-hydrogen) atoms. The Morgan fingerprint density at radius 2 is 0.969 bits per heavy atom. The van der Waals surface area contributed by atoms with E-state index in [1.807, 2.05) is 6.92 Å². The molecule has 0 aliphatic rings. The maximum Gasteiger partial charge on any atom is 0.124 e. The fraction of sp³-hybridized carbons (Fsp3) is 0.111. The first-order chi connectivity index (χ1) is 15.4. The molecule has 0 atom stereocenters. The van der Waals surface area contributed by atoms with E-state index in [0.717, 1.165) is 11.7 Å². The van der Waals surface area contributed by atoms with Crippen LogP contribution in [0.25, 0.3) is 0 Å². The van der Waals surface area contributed by atoms with Gasteiger partial charge in [0.2, 0.25) is 0 Å². The molecule has 5 heteroatoms. The second kappa shape index (κ2) is 10.7.